The first-order valence-corrected chi connectivity index (χ1v) is 3.65. The molecule has 1 heterocycles. The standard InChI is InChI=1S/C8H10F2N2O/c1-4-3-12-6(8(9)10)7(13-2)5(4)11/h3,8H,1-2H3,(H2,11,12). The maximum Gasteiger partial charge on any atom is 0.284 e. The predicted octanol–water partition coefficient (Wildman–Crippen LogP) is 1.92. The molecule has 5 heteroatoms. The van der Waals surface area contributed by atoms with E-state index < -0.39 is 12.1 Å². The van der Waals surface area contributed by atoms with Crippen molar-refractivity contribution in [1.82, 2.24) is 4.98 Å². The van der Waals surface area contributed by atoms with Gasteiger partial charge in [0.2, 0.25) is 0 Å². The minimum Gasteiger partial charge on any atom is -0.492 e. The molecule has 0 aliphatic rings. The summed E-state index contributed by atoms with van der Waals surface area (Å²) in [6.07, 6.45) is -1.36. The van der Waals surface area contributed by atoms with Crippen molar-refractivity contribution in [3.05, 3.63) is 17.5 Å². The van der Waals surface area contributed by atoms with Crippen LogP contribution in [0.4, 0.5) is 14.5 Å². The van der Waals surface area contributed by atoms with Gasteiger partial charge >= 0.3 is 0 Å². The Morgan fingerprint density at radius 1 is 1.54 bits per heavy atom. The number of pyridine rings is 1. The lowest BCUT2D eigenvalue weighted by Crippen LogP contribution is -2.02. The van der Waals surface area contributed by atoms with Gasteiger partial charge in [-0.05, 0) is 12.5 Å². The molecule has 13 heavy (non-hydrogen) atoms. The van der Waals surface area contributed by atoms with Crippen LogP contribution in [0.2, 0.25) is 0 Å². The van der Waals surface area contributed by atoms with Crippen molar-refractivity contribution in [2.75, 3.05) is 12.8 Å². The molecule has 0 aliphatic carbocycles. The Bertz CT molecular complexity index is 315. The monoisotopic (exact) mass is 188 g/mol. The number of nitrogens with zero attached hydrogens (tertiary/aromatic N) is 1. The van der Waals surface area contributed by atoms with E-state index in [1.165, 1.54) is 13.3 Å². The van der Waals surface area contributed by atoms with Crippen LogP contribution < -0.4 is 10.5 Å². The van der Waals surface area contributed by atoms with Crippen LogP contribution in [0.15, 0.2) is 6.20 Å². The first-order chi connectivity index (χ1) is 6.07. The summed E-state index contributed by atoms with van der Waals surface area (Å²) in [6, 6.07) is 0. The average molecular weight is 188 g/mol. The van der Waals surface area contributed by atoms with E-state index in [0.29, 0.717) is 5.56 Å². The summed E-state index contributed by atoms with van der Waals surface area (Å²) < 4.78 is 29.4. The van der Waals surface area contributed by atoms with Crippen LogP contribution in [-0.2, 0) is 0 Å². The first kappa shape index (κ1) is 9.70. The predicted molar refractivity (Wildman–Crippen MR) is 44.9 cm³/mol. The average Bonchev–Trinajstić information content (AvgIpc) is 2.09. The molecule has 0 unspecified atom stereocenters. The molecule has 1 rings (SSSR count). The number of methoxy groups -OCH3 is 1. The molecule has 3 nitrogen and oxygen atoms in total. The Labute approximate surface area is 74.5 Å². The largest absolute Gasteiger partial charge is 0.492 e. The smallest absolute Gasteiger partial charge is 0.284 e. The maximum atomic E-state index is 12.3. The molecular formula is C8H10F2N2O. The third-order valence-corrected chi connectivity index (χ3v) is 1.71. The van der Waals surface area contributed by atoms with Crippen LogP contribution in [0.5, 0.6) is 5.75 Å². The minimum atomic E-state index is -2.67. The van der Waals surface area contributed by atoms with E-state index in [1.807, 2.05) is 0 Å². The lowest BCUT2D eigenvalue weighted by Gasteiger charge is -2.10. The van der Waals surface area contributed by atoms with E-state index in [9.17, 15) is 8.78 Å². The van der Waals surface area contributed by atoms with Crippen LogP contribution >= 0.6 is 0 Å². The number of hydrogen-bond donors (Lipinski definition) is 1. The molecule has 0 fully saturated rings. The van der Waals surface area contributed by atoms with Crippen LogP contribution in [0.1, 0.15) is 17.7 Å². The molecule has 0 bridgehead atoms. The number of anilines is 1. The molecule has 0 aliphatic heterocycles. The third-order valence-electron chi connectivity index (χ3n) is 1.71. The van der Waals surface area contributed by atoms with Gasteiger partial charge in [-0.15, -0.1) is 0 Å². The van der Waals surface area contributed by atoms with E-state index in [2.05, 4.69) is 4.98 Å². The van der Waals surface area contributed by atoms with Crippen molar-refractivity contribution in [3.8, 4) is 5.75 Å². The van der Waals surface area contributed by atoms with Gasteiger partial charge in [-0.1, -0.05) is 0 Å². The van der Waals surface area contributed by atoms with Crippen molar-refractivity contribution in [1.29, 1.82) is 0 Å². The van der Waals surface area contributed by atoms with Crippen molar-refractivity contribution < 1.29 is 13.5 Å². The second-order valence-corrected chi connectivity index (χ2v) is 2.57. The highest BCUT2D eigenvalue weighted by Crippen LogP contribution is 2.33. The Morgan fingerprint density at radius 2 is 2.15 bits per heavy atom. The number of nitrogen functional groups attached to an aromatic ring is 1. The molecule has 2 N–H and O–H groups in total. The summed E-state index contributed by atoms with van der Waals surface area (Å²) in [5.41, 5.74) is 5.96. The van der Waals surface area contributed by atoms with Gasteiger partial charge in [-0.3, -0.25) is 4.98 Å². The molecule has 0 amide bonds. The fourth-order valence-corrected chi connectivity index (χ4v) is 0.982. The highest BCUT2D eigenvalue weighted by atomic mass is 19.3. The Hall–Kier alpha value is -1.39. The van der Waals surface area contributed by atoms with Crippen molar-refractivity contribution in [2.24, 2.45) is 0 Å². The molecule has 1 aromatic rings. The molecule has 1 aromatic heterocycles. The maximum absolute atomic E-state index is 12.3. The van der Waals surface area contributed by atoms with E-state index in [4.69, 9.17) is 10.5 Å². The van der Waals surface area contributed by atoms with E-state index >= 15 is 0 Å². The summed E-state index contributed by atoms with van der Waals surface area (Å²) in [5, 5.41) is 0. The molecule has 0 saturated carbocycles. The van der Waals surface area contributed by atoms with Gasteiger partial charge in [0, 0.05) is 6.20 Å². The van der Waals surface area contributed by atoms with Gasteiger partial charge in [0.25, 0.3) is 6.43 Å². The first-order valence-electron chi connectivity index (χ1n) is 3.65. The SMILES string of the molecule is COc1c(C(F)F)ncc(C)c1N. The van der Waals surface area contributed by atoms with Gasteiger partial charge in [-0.2, -0.15) is 0 Å². The van der Waals surface area contributed by atoms with Gasteiger partial charge in [0.05, 0.1) is 12.8 Å². The minimum absolute atomic E-state index is 0.0324. The van der Waals surface area contributed by atoms with Crippen molar-refractivity contribution in [3.63, 3.8) is 0 Å². The summed E-state index contributed by atoms with van der Waals surface area (Å²) in [4.78, 5) is 3.55. The zero-order valence-corrected chi connectivity index (χ0v) is 7.34. The van der Waals surface area contributed by atoms with Gasteiger partial charge in [0.1, 0.15) is 0 Å². The summed E-state index contributed by atoms with van der Waals surface area (Å²) in [6.45, 7) is 1.68. The third kappa shape index (κ3) is 1.68. The number of hydrogen-bond acceptors (Lipinski definition) is 3. The van der Waals surface area contributed by atoms with Crippen LogP contribution in [0.3, 0.4) is 0 Å². The zero-order chi connectivity index (χ0) is 10.0. The van der Waals surface area contributed by atoms with Crippen LogP contribution in [0.25, 0.3) is 0 Å². The Kier molecular flexibility index (Phi) is 2.65. The zero-order valence-electron chi connectivity index (χ0n) is 7.34. The highest BCUT2D eigenvalue weighted by Gasteiger charge is 2.18. The topological polar surface area (TPSA) is 48.1 Å². The van der Waals surface area contributed by atoms with Crippen molar-refractivity contribution >= 4 is 5.69 Å². The van der Waals surface area contributed by atoms with Crippen LogP contribution in [0, 0.1) is 6.92 Å². The lowest BCUT2D eigenvalue weighted by molar-refractivity contribution is 0.141. The molecule has 0 radical (unpaired) electrons. The lowest BCUT2D eigenvalue weighted by atomic mass is 10.2. The number of rotatable bonds is 2. The second-order valence-electron chi connectivity index (χ2n) is 2.57. The number of aromatic nitrogens is 1. The summed E-state index contributed by atoms with van der Waals surface area (Å²) >= 11 is 0. The second kappa shape index (κ2) is 3.55. The fraction of sp³-hybridized carbons (Fsp3) is 0.375. The quantitative estimate of drug-likeness (QED) is 0.771. The molecule has 0 spiro atoms. The molecule has 0 saturated heterocycles. The fourth-order valence-electron chi connectivity index (χ4n) is 0.982. The molecular weight excluding hydrogens is 178 g/mol. The highest BCUT2D eigenvalue weighted by molar-refractivity contribution is 5.59. The van der Waals surface area contributed by atoms with Gasteiger partial charge in [0.15, 0.2) is 11.4 Å². The number of halogens is 2. The Balaban J connectivity index is 3.30. The van der Waals surface area contributed by atoms with Crippen LogP contribution in [-0.4, -0.2) is 12.1 Å². The van der Waals surface area contributed by atoms with Gasteiger partial charge < -0.3 is 10.5 Å². The molecule has 72 valence electrons. The normalized spacial score (nSPS) is 10.5. The number of alkyl halides is 2. The van der Waals surface area contributed by atoms with E-state index in [0.717, 1.165) is 0 Å². The summed E-state index contributed by atoms with van der Waals surface area (Å²) in [5.74, 6) is -0.0324. The Morgan fingerprint density at radius 3 is 2.62 bits per heavy atom. The number of ether oxygens (including phenoxy) is 1. The summed E-state index contributed by atoms with van der Waals surface area (Å²) in [7, 11) is 1.29. The van der Waals surface area contributed by atoms with Gasteiger partial charge in [-0.25, -0.2) is 8.78 Å². The number of nitrogens with two attached hydrogens (primary N) is 1. The molecule has 0 atom stereocenters. The molecule has 0 aromatic carbocycles. The van der Waals surface area contributed by atoms with Crippen molar-refractivity contribution in [2.45, 2.75) is 13.3 Å². The van der Waals surface area contributed by atoms with E-state index in [-0.39, 0.29) is 11.4 Å². The van der Waals surface area contributed by atoms with E-state index in [1.54, 1.807) is 6.92 Å². The number of aryl methyl sites for hydroxylation is 1.